The molecule has 5 nitrogen and oxygen atoms in total. The lowest BCUT2D eigenvalue weighted by Crippen LogP contribution is -2.14. The average molecular weight is 403 g/mol. The molecular formula is C23H19ClN4O. The molecule has 1 aromatic heterocycles. The van der Waals surface area contributed by atoms with E-state index in [1.54, 1.807) is 10.7 Å². The Morgan fingerprint density at radius 3 is 2.38 bits per heavy atom. The number of aryl methyl sites for hydroxylation is 2. The smallest absolute Gasteiger partial charge is 0.295 e. The lowest BCUT2D eigenvalue weighted by molar-refractivity contribution is 0.101. The lowest BCUT2D eigenvalue weighted by Gasteiger charge is -2.07. The van der Waals surface area contributed by atoms with Gasteiger partial charge < -0.3 is 5.32 Å². The second-order valence-corrected chi connectivity index (χ2v) is 7.15. The molecule has 1 heterocycles. The fraction of sp³-hybridized carbons (Fsp3) is 0.0870. The van der Waals surface area contributed by atoms with Crippen molar-refractivity contribution in [2.24, 2.45) is 0 Å². The largest absolute Gasteiger partial charge is 0.319 e. The molecule has 0 aliphatic heterocycles. The highest BCUT2D eigenvalue weighted by Crippen LogP contribution is 2.26. The van der Waals surface area contributed by atoms with E-state index in [-0.39, 0.29) is 11.7 Å². The van der Waals surface area contributed by atoms with E-state index in [1.807, 2.05) is 80.6 Å². The number of hydrogen-bond acceptors (Lipinski definition) is 3. The zero-order valence-electron chi connectivity index (χ0n) is 16.1. The van der Waals surface area contributed by atoms with Crippen LogP contribution in [0, 0.1) is 13.8 Å². The number of amides is 1. The Morgan fingerprint density at radius 1 is 0.931 bits per heavy atom. The molecule has 0 unspecified atom stereocenters. The van der Waals surface area contributed by atoms with E-state index in [2.05, 4.69) is 15.4 Å². The van der Waals surface area contributed by atoms with E-state index >= 15 is 0 Å². The van der Waals surface area contributed by atoms with Gasteiger partial charge in [-0.2, -0.15) is 0 Å². The molecule has 1 amide bonds. The first-order valence-corrected chi connectivity index (χ1v) is 9.57. The van der Waals surface area contributed by atoms with Crippen LogP contribution in [0.3, 0.4) is 0 Å². The summed E-state index contributed by atoms with van der Waals surface area (Å²) in [6, 6.07) is 22.7. The van der Waals surface area contributed by atoms with Crippen molar-refractivity contribution in [3.05, 3.63) is 94.8 Å². The Kier molecular flexibility index (Phi) is 5.14. The fourth-order valence-corrected chi connectivity index (χ4v) is 3.20. The van der Waals surface area contributed by atoms with Crippen LogP contribution in [-0.4, -0.2) is 20.7 Å². The molecule has 0 saturated heterocycles. The zero-order valence-corrected chi connectivity index (χ0v) is 16.8. The quantitative estimate of drug-likeness (QED) is 0.493. The summed E-state index contributed by atoms with van der Waals surface area (Å²) in [5, 5.41) is 7.86. The molecule has 1 N–H and O–H groups in total. The molecule has 0 atom stereocenters. The van der Waals surface area contributed by atoms with Gasteiger partial charge >= 0.3 is 0 Å². The predicted molar refractivity (Wildman–Crippen MR) is 116 cm³/mol. The topological polar surface area (TPSA) is 59.8 Å². The Bertz CT molecular complexity index is 1180. The minimum absolute atomic E-state index is 0.0713. The maximum absolute atomic E-state index is 12.8. The molecule has 0 spiro atoms. The van der Waals surface area contributed by atoms with E-state index in [0.717, 1.165) is 16.7 Å². The minimum atomic E-state index is -0.378. The Balaban J connectivity index is 1.76. The normalized spacial score (nSPS) is 10.7. The molecule has 0 bridgehead atoms. The van der Waals surface area contributed by atoms with Gasteiger partial charge in [-0.1, -0.05) is 60.1 Å². The summed E-state index contributed by atoms with van der Waals surface area (Å²) in [4.78, 5) is 17.4. The second-order valence-electron chi connectivity index (χ2n) is 6.74. The van der Waals surface area contributed by atoms with Crippen molar-refractivity contribution in [3.8, 4) is 17.1 Å². The van der Waals surface area contributed by atoms with Gasteiger partial charge in [0.1, 0.15) is 0 Å². The van der Waals surface area contributed by atoms with Crippen LogP contribution < -0.4 is 5.32 Å². The van der Waals surface area contributed by atoms with Gasteiger partial charge in [0.25, 0.3) is 5.91 Å². The Labute approximate surface area is 174 Å². The van der Waals surface area contributed by atoms with Crippen molar-refractivity contribution in [3.63, 3.8) is 0 Å². The maximum atomic E-state index is 12.8. The van der Waals surface area contributed by atoms with Crippen molar-refractivity contribution in [1.29, 1.82) is 0 Å². The first-order valence-electron chi connectivity index (χ1n) is 9.19. The van der Waals surface area contributed by atoms with Crippen LogP contribution >= 0.6 is 11.6 Å². The van der Waals surface area contributed by atoms with Gasteiger partial charge in [0, 0.05) is 11.3 Å². The van der Waals surface area contributed by atoms with Crippen LogP contribution in [-0.2, 0) is 0 Å². The Hall–Kier alpha value is -3.44. The fourth-order valence-electron chi connectivity index (χ4n) is 2.98. The number of nitrogens with zero attached hydrogens (tertiary/aromatic N) is 3. The number of carbonyl (C=O) groups excluding carboxylic acids is 1. The van der Waals surface area contributed by atoms with E-state index in [9.17, 15) is 4.79 Å². The number of benzene rings is 3. The highest BCUT2D eigenvalue weighted by atomic mass is 35.5. The number of para-hydroxylation sites is 1. The Morgan fingerprint density at radius 2 is 1.66 bits per heavy atom. The van der Waals surface area contributed by atoms with E-state index in [1.165, 1.54) is 0 Å². The van der Waals surface area contributed by atoms with Gasteiger partial charge in [-0.15, -0.1) is 5.10 Å². The minimum Gasteiger partial charge on any atom is -0.319 e. The van der Waals surface area contributed by atoms with Crippen molar-refractivity contribution in [1.82, 2.24) is 14.8 Å². The average Bonchev–Trinajstić information content (AvgIpc) is 3.17. The first-order chi connectivity index (χ1) is 14.0. The number of aromatic nitrogens is 3. The molecule has 0 fully saturated rings. The third-order valence-corrected chi connectivity index (χ3v) is 5.01. The summed E-state index contributed by atoms with van der Waals surface area (Å²) in [7, 11) is 0. The van der Waals surface area contributed by atoms with Gasteiger partial charge in [0.2, 0.25) is 5.82 Å². The zero-order chi connectivity index (χ0) is 20.4. The highest BCUT2D eigenvalue weighted by molar-refractivity contribution is 6.32. The summed E-state index contributed by atoms with van der Waals surface area (Å²) in [5.41, 5.74) is 4.46. The van der Waals surface area contributed by atoms with Crippen LogP contribution in [0.4, 0.5) is 5.69 Å². The summed E-state index contributed by atoms with van der Waals surface area (Å²) < 4.78 is 1.60. The maximum Gasteiger partial charge on any atom is 0.295 e. The van der Waals surface area contributed by atoms with Crippen LogP contribution in [0.2, 0.25) is 5.02 Å². The number of nitrogens with one attached hydrogen (secondary N) is 1. The number of rotatable bonds is 4. The van der Waals surface area contributed by atoms with Crippen molar-refractivity contribution >= 4 is 23.2 Å². The van der Waals surface area contributed by atoms with Gasteiger partial charge in [-0.3, -0.25) is 4.79 Å². The summed E-state index contributed by atoms with van der Waals surface area (Å²) in [5.74, 6) is 0.238. The van der Waals surface area contributed by atoms with Crippen molar-refractivity contribution < 1.29 is 4.79 Å². The lowest BCUT2D eigenvalue weighted by atomic mass is 10.1. The first kappa shape index (κ1) is 18.9. The SMILES string of the molecule is Cc1ccc(NC(=O)c2nc(-c3ccccc3)n(-c3ccccc3Cl)n2)cc1C. The monoisotopic (exact) mass is 402 g/mol. The number of anilines is 1. The van der Waals surface area contributed by atoms with Crippen molar-refractivity contribution in [2.45, 2.75) is 13.8 Å². The van der Waals surface area contributed by atoms with Crippen LogP contribution in [0.5, 0.6) is 0 Å². The molecular weight excluding hydrogens is 384 g/mol. The third kappa shape index (κ3) is 3.91. The van der Waals surface area contributed by atoms with Crippen molar-refractivity contribution in [2.75, 3.05) is 5.32 Å². The number of hydrogen-bond donors (Lipinski definition) is 1. The van der Waals surface area contributed by atoms with Gasteiger partial charge in [0.15, 0.2) is 5.82 Å². The van der Waals surface area contributed by atoms with Crippen LogP contribution in [0.1, 0.15) is 21.7 Å². The van der Waals surface area contributed by atoms with E-state index < -0.39 is 0 Å². The van der Waals surface area contributed by atoms with E-state index in [4.69, 9.17) is 11.6 Å². The summed E-state index contributed by atoms with van der Waals surface area (Å²) >= 11 is 6.38. The summed E-state index contributed by atoms with van der Waals surface area (Å²) in [6.07, 6.45) is 0. The number of halogens is 1. The predicted octanol–water partition coefficient (Wildman–Crippen LogP) is 5.46. The number of carbonyl (C=O) groups is 1. The standard InChI is InChI=1S/C23H19ClN4O/c1-15-12-13-18(14-16(15)2)25-23(29)21-26-22(17-8-4-3-5-9-17)28(27-21)20-11-7-6-10-19(20)24/h3-14H,1-2H3,(H,25,29). The molecule has 144 valence electrons. The van der Waals surface area contributed by atoms with Gasteiger partial charge in [-0.05, 0) is 49.2 Å². The molecule has 29 heavy (non-hydrogen) atoms. The highest BCUT2D eigenvalue weighted by Gasteiger charge is 2.20. The van der Waals surface area contributed by atoms with Crippen LogP contribution in [0.15, 0.2) is 72.8 Å². The molecule has 0 saturated carbocycles. The second kappa shape index (κ2) is 7.89. The molecule has 0 radical (unpaired) electrons. The molecule has 4 rings (SSSR count). The third-order valence-electron chi connectivity index (χ3n) is 4.69. The van der Waals surface area contributed by atoms with E-state index in [0.29, 0.717) is 22.2 Å². The molecule has 6 heteroatoms. The summed E-state index contributed by atoms with van der Waals surface area (Å²) in [6.45, 7) is 4.03. The molecule has 3 aromatic carbocycles. The molecule has 4 aromatic rings. The molecule has 0 aliphatic rings. The van der Waals surface area contributed by atoms with Gasteiger partial charge in [0.05, 0.1) is 10.7 Å². The molecule has 0 aliphatic carbocycles. The van der Waals surface area contributed by atoms with Gasteiger partial charge in [-0.25, -0.2) is 9.67 Å². The van der Waals surface area contributed by atoms with Crippen LogP contribution in [0.25, 0.3) is 17.1 Å².